The van der Waals surface area contributed by atoms with E-state index in [1.165, 1.54) is 51.6 Å². The van der Waals surface area contributed by atoms with E-state index in [0.717, 1.165) is 23.7 Å². The van der Waals surface area contributed by atoms with E-state index in [1.807, 2.05) is 0 Å². The van der Waals surface area contributed by atoms with Crippen molar-refractivity contribution in [2.45, 2.75) is 80.1 Å². The van der Waals surface area contributed by atoms with Gasteiger partial charge in [-0.1, -0.05) is 54.4 Å². The van der Waals surface area contributed by atoms with E-state index in [-0.39, 0.29) is 0 Å². The van der Waals surface area contributed by atoms with Crippen LogP contribution in [0.25, 0.3) is 0 Å². The number of nitrogens with one attached hydrogen (secondary N) is 1. The van der Waals surface area contributed by atoms with Crippen molar-refractivity contribution in [2.24, 2.45) is 34.5 Å². The molecule has 1 saturated carbocycles. The van der Waals surface area contributed by atoms with Crippen LogP contribution in [0.4, 0.5) is 0 Å². The third kappa shape index (κ3) is 4.47. The molecule has 1 nitrogen and oxygen atoms in total. The van der Waals surface area contributed by atoms with Gasteiger partial charge in [0, 0.05) is 0 Å². The van der Waals surface area contributed by atoms with E-state index in [4.69, 9.17) is 0 Å². The van der Waals surface area contributed by atoms with Gasteiger partial charge in [-0.05, 0) is 73.3 Å². The number of hydrogen-bond acceptors (Lipinski definition) is 1. The fourth-order valence-electron chi connectivity index (χ4n) is 5.30. The molecule has 1 saturated heterocycles. The molecule has 2 rings (SSSR count). The molecule has 2 atom stereocenters. The van der Waals surface area contributed by atoms with Gasteiger partial charge in [0.2, 0.25) is 0 Å². The summed E-state index contributed by atoms with van der Waals surface area (Å²) in [6.07, 6.45) is 8.72. The maximum absolute atomic E-state index is 3.56. The van der Waals surface area contributed by atoms with E-state index in [9.17, 15) is 0 Å². The zero-order valence-electron chi connectivity index (χ0n) is 15.5. The van der Waals surface area contributed by atoms with Crippen molar-refractivity contribution in [1.82, 2.24) is 5.32 Å². The Bertz CT molecular complexity index is 317. The lowest BCUT2D eigenvalue weighted by Gasteiger charge is -2.45. The second kappa shape index (κ2) is 6.60. The monoisotopic (exact) mass is 293 g/mol. The molecule has 1 N–H and O–H groups in total. The van der Waals surface area contributed by atoms with E-state index >= 15 is 0 Å². The predicted octanol–water partition coefficient (Wildman–Crippen LogP) is 5.50. The first-order valence-corrected chi connectivity index (χ1v) is 9.41. The van der Waals surface area contributed by atoms with Gasteiger partial charge in [-0.3, -0.25) is 0 Å². The van der Waals surface area contributed by atoms with Crippen LogP contribution in [0.5, 0.6) is 0 Å². The molecule has 1 heteroatoms. The van der Waals surface area contributed by atoms with Gasteiger partial charge in [0.1, 0.15) is 0 Å². The molecule has 1 aliphatic heterocycles. The Morgan fingerprint density at radius 1 is 0.905 bits per heavy atom. The second-order valence-corrected chi connectivity index (χ2v) is 9.85. The first-order valence-electron chi connectivity index (χ1n) is 9.41. The van der Waals surface area contributed by atoms with Gasteiger partial charge >= 0.3 is 0 Å². The van der Waals surface area contributed by atoms with Gasteiger partial charge in [-0.15, -0.1) is 0 Å². The Hall–Kier alpha value is -0.0400. The molecular weight excluding hydrogens is 254 g/mol. The molecule has 0 spiro atoms. The van der Waals surface area contributed by atoms with Crippen LogP contribution in [0, 0.1) is 34.5 Å². The molecule has 21 heavy (non-hydrogen) atoms. The molecule has 0 radical (unpaired) electrons. The largest absolute Gasteiger partial charge is 0.316 e. The highest BCUT2D eigenvalue weighted by atomic mass is 14.9. The summed E-state index contributed by atoms with van der Waals surface area (Å²) in [4.78, 5) is 0. The van der Waals surface area contributed by atoms with E-state index in [1.54, 1.807) is 0 Å². The zero-order valence-corrected chi connectivity index (χ0v) is 15.5. The van der Waals surface area contributed by atoms with Crippen LogP contribution in [0.1, 0.15) is 80.1 Å². The molecule has 124 valence electrons. The third-order valence-corrected chi connectivity index (χ3v) is 6.68. The van der Waals surface area contributed by atoms with Crippen molar-refractivity contribution in [2.75, 3.05) is 13.1 Å². The van der Waals surface area contributed by atoms with Crippen LogP contribution < -0.4 is 5.32 Å². The maximum atomic E-state index is 3.56. The molecule has 2 fully saturated rings. The third-order valence-electron chi connectivity index (χ3n) is 6.68. The van der Waals surface area contributed by atoms with Crippen molar-refractivity contribution >= 4 is 0 Å². The van der Waals surface area contributed by atoms with Gasteiger partial charge in [0.15, 0.2) is 0 Å². The average molecular weight is 294 g/mol. The van der Waals surface area contributed by atoms with Crippen LogP contribution in [0.3, 0.4) is 0 Å². The molecule has 0 amide bonds. The number of hydrogen-bond donors (Lipinski definition) is 1. The van der Waals surface area contributed by atoms with Crippen molar-refractivity contribution in [3.63, 3.8) is 0 Å². The number of piperidine rings is 1. The van der Waals surface area contributed by atoms with Crippen LogP contribution in [-0.2, 0) is 0 Å². The lowest BCUT2D eigenvalue weighted by atomic mass is 9.62. The SMILES string of the molecule is CC1CNCCC1C(C)(C)CC1CCC(C(C)(C)C)CC1. The normalized spacial score (nSPS) is 35.7. The van der Waals surface area contributed by atoms with Gasteiger partial charge in [-0.2, -0.15) is 0 Å². The van der Waals surface area contributed by atoms with Crippen LogP contribution in [-0.4, -0.2) is 13.1 Å². The molecule has 0 aromatic rings. The van der Waals surface area contributed by atoms with Gasteiger partial charge in [-0.25, -0.2) is 0 Å². The van der Waals surface area contributed by atoms with Crippen molar-refractivity contribution < 1.29 is 0 Å². The molecule has 0 aromatic carbocycles. The number of rotatable bonds is 3. The van der Waals surface area contributed by atoms with Crippen molar-refractivity contribution in [1.29, 1.82) is 0 Å². The summed E-state index contributed by atoms with van der Waals surface area (Å²) in [6, 6.07) is 0. The summed E-state index contributed by atoms with van der Waals surface area (Å²) < 4.78 is 0. The minimum absolute atomic E-state index is 0.518. The Kier molecular flexibility index (Phi) is 5.45. The van der Waals surface area contributed by atoms with Gasteiger partial charge < -0.3 is 5.32 Å². The zero-order chi connectivity index (χ0) is 15.7. The Balaban J connectivity index is 1.87. The first-order chi connectivity index (χ1) is 9.70. The van der Waals surface area contributed by atoms with E-state index < -0.39 is 0 Å². The Morgan fingerprint density at radius 2 is 1.52 bits per heavy atom. The summed E-state index contributed by atoms with van der Waals surface area (Å²) in [5, 5.41) is 3.56. The fraction of sp³-hybridized carbons (Fsp3) is 1.00. The molecule has 1 aliphatic carbocycles. The minimum Gasteiger partial charge on any atom is -0.316 e. The van der Waals surface area contributed by atoms with Crippen molar-refractivity contribution in [3.05, 3.63) is 0 Å². The smallest absolute Gasteiger partial charge is 0.00203 e. The van der Waals surface area contributed by atoms with E-state index in [2.05, 4.69) is 46.9 Å². The predicted molar refractivity (Wildman–Crippen MR) is 93.4 cm³/mol. The highest BCUT2D eigenvalue weighted by Crippen LogP contribution is 2.47. The molecule has 1 heterocycles. The van der Waals surface area contributed by atoms with E-state index in [0.29, 0.717) is 10.8 Å². The van der Waals surface area contributed by atoms with Crippen LogP contribution >= 0.6 is 0 Å². The standard InChI is InChI=1S/C20H39N/c1-15-14-21-12-11-18(15)20(5,6)13-16-7-9-17(10-8-16)19(2,3)4/h15-18,21H,7-14H2,1-6H3. The Labute approximate surface area is 133 Å². The van der Waals surface area contributed by atoms with Gasteiger partial charge in [0.25, 0.3) is 0 Å². The second-order valence-electron chi connectivity index (χ2n) is 9.85. The maximum Gasteiger partial charge on any atom is -0.00203 e. The van der Waals surface area contributed by atoms with Gasteiger partial charge in [0.05, 0.1) is 0 Å². The summed E-state index contributed by atoms with van der Waals surface area (Å²) >= 11 is 0. The highest BCUT2D eigenvalue weighted by Gasteiger charge is 2.38. The summed E-state index contributed by atoms with van der Waals surface area (Å²) in [7, 11) is 0. The molecular formula is C20H39N. The molecule has 2 aliphatic rings. The highest BCUT2D eigenvalue weighted by molar-refractivity contribution is 4.89. The average Bonchev–Trinajstić information content (AvgIpc) is 2.38. The summed E-state index contributed by atoms with van der Waals surface area (Å²) in [6.45, 7) is 17.3. The lowest BCUT2D eigenvalue weighted by molar-refractivity contribution is 0.0621. The molecule has 0 aromatic heterocycles. The van der Waals surface area contributed by atoms with Crippen molar-refractivity contribution in [3.8, 4) is 0 Å². The van der Waals surface area contributed by atoms with Crippen LogP contribution in [0.15, 0.2) is 0 Å². The fourth-order valence-corrected chi connectivity index (χ4v) is 5.30. The van der Waals surface area contributed by atoms with Crippen LogP contribution in [0.2, 0.25) is 0 Å². The quantitative estimate of drug-likeness (QED) is 0.724. The Morgan fingerprint density at radius 3 is 2.05 bits per heavy atom. The summed E-state index contributed by atoms with van der Waals surface area (Å²) in [5.74, 6) is 3.70. The topological polar surface area (TPSA) is 12.0 Å². The summed E-state index contributed by atoms with van der Waals surface area (Å²) in [5.41, 5.74) is 1.05. The molecule has 0 bridgehead atoms. The lowest BCUT2D eigenvalue weighted by Crippen LogP contribution is -2.42. The minimum atomic E-state index is 0.518. The first kappa shape index (κ1) is 17.3. The molecule has 2 unspecified atom stereocenters.